The fraction of sp³-hybridized carbons (Fsp3) is 0.111. The highest BCUT2D eigenvalue weighted by Crippen LogP contribution is 2.38. The number of nitrogens with one attached hydrogen (secondary N) is 1. The maximum atomic E-state index is 12.7. The molecule has 0 heterocycles. The smallest absolute Gasteiger partial charge is 0.417 e. The SMILES string of the molecule is NC(=S)NN=Cc1c(C(F)(F)F)ccc(Br)c1O. The van der Waals surface area contributed by atoms with Gasteiger partial charge in [0, 0.05) is 5.56 Å². The van der Waals surface area contributed by atoms with Crippen molar-refractivity contribution in [3.63, 3.8) is 0 Å². The topological polar surface area (TPSA) is 70.6 Å². The summed E-state index contributed by atoms with van der Waals surface area (Å²) in [5.41, 5.74) is 5.66. The summed E-state index contributed by atoms with van der Waals surface area (Å²) in [6.07, 6.45) is -3.81. The van der Waals surface area contributed by atoms with Gasteiger partial charge in [-0.1, -0.05) is 0 Å². The number of halogens is 4. The van der Waals surface area contributed by atoms with Crippen molar-refractivity contribution in [2.24, 2.45) is 10.8 Å². The Balaban J connectivity index is 3.26. The Kier molecular flexibility index (Phi) is 4.52. The van der Waals surface area contributed by atoms with Crippen LogP contribution in [0.3, 0.4) is 0 Å². The summed E-state index contributed by atoms with van der Waals surface area (Å²) in [6.45, 7) is 0. The summed E-state index contributed by atoms with van der Waals surface area (Å²) in [7, 11) is 0. The minimum absolute atomic E-state index is 0.118. The van der Waals surface area contributed by atoms with Crippen LogP contribution in [-0.4, -0.2) is 16.4 Å². The van der Waals surface area contributed by atoms with Gasteiger partial charge < -0.3 is 10.8 Å². The maximum Gasteiger partial charge on any atom is 0.417 e. The van der Waals surface area contributed by atoms with E-state index in [4.69, 9.17) is 5.73 Å². The Morgan fingerprint density at radius 1 is 1.50 bits per heavy atom. The molecule has 1 rings (SSSR count). The van der Waals surface area contributed by atoms with E-state index in [1.54, 1.807) is 0 Å². The van der Waals surface area contributed by atoms with Crippen molar-refractivity contribution >= 4 is 39.5 Å². The number of phenols is 1. The number of alkyl halides is 3. The first kappa shape index (κ1) is 14.7. The first-order valence-corrected chi connectivity index (χ1v) is 5.60. The number of phenolic OH excluding ortho intramolecular Hbond substituents is 1. The number of nitrogens with two attached hydrogens (primary N) is 1. The molecule has 0 unspecified atom stereocenters. The van der Waals surface area contributed by atoms with Crippen LogP contribution in [0.25, 0.3) is 0 Å². The third kappa shape index (κ3) is 3.57. The second-order valence-corrected chi connectivity index (χ2v) is 4.38. The van der Waals surface area contributed by atoms with Crippen LogP contribution >= 0.6 is 28.1 Å². The van der Waals surface area contributed by atoms with Gasteiger partial charge in [0.05, 0.1) is 16.3 Å². The highest BCUT2D eigenvalue weighted by molar-refractivity contribution is 9.10. The van der Waals surface area contributed by atoms with Crippen molar-refractivity contribution in [3.05, 3.63) is 27.7 Å². The number of hydrazone groups is 1. The molecule has 1 aromatic rings. The van der Waals surface area contributed by atoms with E-state index in [1.807, 2.05) is 0 Å². The lowest BCUT2D eigenvalue weighted by molar-refractivity contribution is -0.137. The van der Waals surface area contributed by atoms with Crippen molar-refractivity contribution in [2.45, 2.75) is 6.18 Å². The zero-order chi connectivity index (χ0) is 13.9. The highest BCUT2D eigenvalue weighted by atomic mass is 79.9. The van der Waals surface area contributed by atoms with Gasteiger partial charge in [0.25, 0.3) is 0 Å². The Hall–Kier alpha value is -1.35. The molecule has 0 saturated heterocycles. The van der Waals surface area contributed by atoms with Gasteiger partial charge in [0.2, 0.25) is 0 Å². The van der Waals surface area contributed by atoms with Crippen LogP contribution in [0.15, 0.2) is 21.7 Å². The maximum absolute atomic E-state index is 12.7. The molecule has 0 aromatic heterocycles. The number of hydrogen-bond acceptors (Lipinski definition) is 3. The van der Waals surface area contributed by atoms with Crippen LogP contribution in [-0.2, 0) is 6.18 Å². The van der Waals surface area contributed by atoms with Crippen LogP contribution in [0.4, 0.5) is 13.2 Å². The number of thiocarbonyl (C=S) groups is 1. The van der Waals surface area contributed by atoms with Crippen molar-refractivity contribution in [2.75, 3.05) is 0 Å². The van der Waals surface area contributed by atoms with Gasteiger partial charge in [-0.25, -0.2) is 0 Å². The van der Waals surface area contributed by atoms with E-state index in [1.165, 1.54) is 0 Å². The predicted octanol–water partition coefficient (Wildman–Crippen LogP) is 2.34. The zero-order valence-corrected chi connectivity index (χ0v) is 11.0. The number of nitrogens with zero attached hydrogens (tertiary/aromatic N) is 1. The average molecular weight is 342 g/mol. The van der Waals surface area contributed by atoms with Gasteiger partial charge in [-0.3, -0.25) is 5.43 Å². The minimum atomic E-state index is -4.61. The summed E-state index contributed by atoms with van der Waals surface area (Å²) in [5.74, 6) is -0.571. The molecule has 98 valence electrons. The van der Waals surface area contributed by atoms with E-state index in [2.05, 4.69) is 38.7 Å². The van der Waals surface area contributed by atoms with E-state index in [0.29, 0.717) is 0 Å². The zero-order valence-electron chi connectivity index (χ0n) is 8.62. The minimum Gasteiger partial charge on any atom is -0.506 e. The summed E-state index contributed by atoms with van der Waals surface area (Å²) >= 11 is 7.35. The Labute approximate surface area is 114 Å². The first-order valence-electron chi connectivity index (χ1n) is 4.40. The van der Waals surface area contributed by atoms with Crippen molar-refractivity contribution in [1.29, 1.82) is 0 Å². The van der Waals surface area contributed by atoms with Gasteiger partial charge in [0.15, 0.2) is 5.11 Å². The van der Waals surface area contributed by atoms with Gasteiger partial charge in [-0.05, 0) is 40.3 Å². The first-order chi connectivity index (χ1) is 8.23. The van der Waals surface area contributed by atoms with Gasteiger partial charge in [-0.15, -0.1) is 0 Å². The predicted molar refractivity (Wildman–Crippen MR) is 68.3 cm³/mol. The van der Waals surface area contributed by atoms with E-state index >= 15 is 0 Å². The fourth-order valence-electron chi connectivity index (χ4n) is 1.12. The highest BCUT2D eigenvalue weighted by Gasteiger charge is 2.34. The quantitative estimate of drug-likeness (QED) is 0.438. The summed E-state index contributed by atoms with van der Waals surface area (Å²) in [5, 5.41) is 12.8. The van der Waals surface area contributed by atoms with Crippen molar-refractivity contribution in [1.82, 2.24) is 5.43 Å². The molecule has 0 aliphatic heterocycles. The van der Waals surface area contributed by atoms with Crippen LogP contribution in [0.1, 0.15) is 11.1 Å². The largest absolute Gasteiger partial charge is 0.506 e. The molecule has 0 spiro atoms. The number of aromatic hydroxyl groups is 1. The van der Waals surface area contributed by atoms with Gasteiger partial charge >= 0.3 is 6.18 Å². The van der Waals surface area contributed by atoms with Crippen LogP contribution in [0.2, 0.25) is 0 Å². The molecular formula is C9H7BrF3N3OS. The Morgan fingerprint density at radius 2 is 2.11 bits per heavy atom. The lowest BCUT2D eigenvalue weighted by Crippen LogP contribution is -2.24. The molecule has 18 heavy (non-hydrogen) atoms. The molecule has 1 aromatic carbocycles. The number of benzene rings is 1. The van der Waals surface area contributed by atoms with Crippen LogP contribution in [0.5, 0.6) is 5.75 Å². The Morgan fingerprint density at radius 3 is 2.61 bits per heavy atom. The van der Waals surface area contributed by atoms with Crippen LogP contribution < -0.4 is 11.2 Å². The number of hydrogen-bond donors (Lipinski definition) is 3. The monoisotopic (exact) mass is 341 g/mol. The van der Waals surface area contributed by atoms with E-state index in [0.717, 1.165) is 18.3 Å². The molecule has 0 saturated carbocycles. The summed E-state index contributed by atoms with van der Waals surface area (Å²) in [6, 6.07) is 1.92. The number of rotatable bonds is 2. The second kappa shape index (κ2) is 5.53. The van der Waals surface area contributed by atoms with E-state index < -0.39 is 23.1 Å². The second-order valence-electron chi connectivity index (χ2n) is 3.09. The third-order valence-electron chi connectivity index (χ3n) is 1.84. The molecule has 0 bridgehead atoms. The Bertz CT molecular complexity index is 505. The lowest BCUT2D eigenvalue weighted by Gasteiger charge is -2.12. The molecule has 4 nitrogen and oxygen atoms in total. The molecule has 0 fully saturated rings. The van der Waals surface area contributed by atoms with E-state index in [9.17, 15) is 18.3 Å². The molecule has 0 radical (unpaired) electrons. The van der Waals surface area contributed by atoms with Gasteiger partial charge in [-0.2, -0.15) is 18.3 Å². The molecule has 0 amide bonds. The molecule has 0 aliphatic carbocycles. The summed E-state index contributed by atoms with van der Waals surface area (Å²) < 4.78 is 38.2. The lowest BCUT2D eigenvalue weighted by atomic mass is 10.1. The molecule has 0 atom stereocenters. The molecule has 4 N–H and O–H groups in total. The molecule has 9 heteroatoms. The van der Waals surface area contributed by atoms with Crippen LogP contribution in [0, 0.1) is 0 Å². The summed E-state index contributed by atoms with van der Waals surface area (Å²) in [4.78, 5) is 0. The van der Waals surface area contributed by atoms with E-state index in [-0.39, 0.29) is 9.59 Å². The standard InChI is InChI=1S/C9H7BrF3N3OS/c10-6-2-1-5(9(11,12)13)4(7(6)17)3-15-16-8(14)18/h1-3,17H,(H3,14,16,18). The third-order valence-corrected chi connectivity index (χ3v) is 2.57. The molecule has 0 aliphatic rings. The molecular weight excluding hydrogens is 335 g/mol. The van der Waals surface area contributed by atoms with Gasteiger partial charge in [0.1, 0.15) is 5.75 Å². The average Bonchev–Trinajstić information content (AvgIpc) is 2.22. The fourth-order valence-corrected chi connectivity index (χ4v) is 1.52. The normalized spacial score (nSPS) is 11.8. The van der Waals surface area contributed by atoms with Crippen molar-refractivity contribution in [3.8, 4) is 5.75 Å². The van der Waals surface area contributed by atoms with Crippen molar-refractivity contribution < 1.29 is 18.3 Å².